The summed E-state index contributed by atoms with van der Waals surface area (Å²) in [6.45, 7) is 1.62. The third-order valence-corrected chi connectivity index (χ3v) is 2.14. The summed E-state index contributed by atoms with van der Waals surface area (Å²) in [6.07, 6.45) is 1.65. The Morgan fingerprint density at radius 1 is 1.56 bits per heavy atom. The van der Waals surface area contributed by atoms with Gasteiger partial charge in [-0.15, -0.1) is 0 Å². The Hall–Kier alpha value is -2.18. The van der Waals surface area contributed by atoms with Gasteiger partial charge in [0.1, 0.15) is 12.1 Å². The molecule has 0 aliphatic carbocycles. The molecule has 0 amide bonds. The van der Waals surface area contributed by atoms with Gasteiger partial charge in [0.2, 0.25) is 5.95 Å². The van der Waals surface area contributed by atoms with E-state index in [0.29, 0.717) is 5.65 Å². The molecule has 16 heavy (non-hydrogen) atoms. The van der Waals surface area contributed by atoms with Gasteiger partial charge in [-0.25, -0.2) is 9.97 Å². The Kier molecular flexibility index (Phi) is 2.43. The average Bonchev–Trinajstić information content (AvgIpc) is 2.58. The van der Waals surface area contributed by atoms with Crippen LogP contribution < -0.4 is 5.32 Å². The second-order valence-corrected chi connectivity index (χ2v) is 3.41. The highest BCUT2D eigenvalue weighted by molar-refractivity contribution is 5.76. The Balaban J connectivity index is 2.38. The van der Waals surface area contributed by atoms with Gasteiger partial charge in [-0.2, -0.15) is 4.98 Å². The highest BCUT2D eigenvalue weighted by Gasteiger charge is 2.09. The largest absolute Gasteiger partial charge is 0.480 e. The first-order chi connectivity index (χ1) is 7.58. The van der Waals surface area contributed by atoms with Crippen LogP contribution in [-0.2, 0) is 11.8 Å². The van der Waals surface area contributed by atoms with Gasteiger partial charge in [-0.1, -0.05) is 0 Å². The Morgan fingerprint density at radius 3 is 3.00 bits per heavy atom. The number of imidazole rings is 1. The molecule has 2 aromatic rings. The molecule has 2 heterocycles. The van der Waals surface area contributed by atoms with Crippen LogP contribution in [0, 0.1) is 6.92 Å². The number of nitrogens with one attached hydrogen (secondary N) is 1. The number of hydrogen-bond acceptors (Lipinski definition) is 5. The fourth-order valence-electron chi connectivity index (χ4n) is 1.49. The highest BCUT2D eigenvalue weighted by Crippen LogP contribution is 2.14. The minimum atomic E-state index is -0.956. The monoisotopic (exact) mass is 221 g/mol. The number of fused-ring (bicyclic) bond motifs is 1. The van der Waals surface area contributed by atoms with E-state index in [0.717, 1.165) is 11.2 Å². The van der Waals surface area contributed by atoms with Crippen molar-refractivity contribution in [3.8, 4) is 0 Å². The summed E-state index contributed by atoms with van der Waals surface area (Å²) in [5, 5.41) is 11.1. The zero-order valence-corrected chi connectivity index (χ0v) is 8.93. The fraction of sp³-hybridized carbons (Fsp3) is 0.333. The number of rotatable bonds is 3. The van der Waals surface area contributed by atoms with Crippen molar-refractivity contribution in [2.45, 2.75) is 6.92 Å². The SMILES string of the molecule is Cc1nc(NCC(=O)O)nc2ncn(C)c12. The number of carbonyl (C=O) groups is 1. The van der Waals surface area contributed by atoms with Crippen LogP contribution in [0.25, 0.3) is 11.2 Å². The molecule has 0 aromatic carbocycles. The smallest absolute Gasteiger partial charge is 0.322 e. The summed E-state index contributed by atoms with van der Waals surface area (Å²) in [7, 11) is 1.86. The predicted molar refractivity (Wildman–Crippen MR) is 57.2 cm³/mol. The van der Waals surface area contributed by atoms with E-state index in [4.69, 9.17) is 5.11 Å². The first-order valence-corrected chi connectivity index (χ1v) is 4.69. The summed E-state index contributed by atoms with van der Waals surface area (Å²) in [4.78, 5) is 22.8. The van der Waals surface area contributed by atoms with E-state index < -0.39 is 5.97 Å². The minimum Gasteiger partial charge on any atom is -0.480 e. The molecule has 7 nitrogen and oxygen atoms in total. The minimum absolute atomic E-state index is 0.211. The Morgan fingerprint density at radius 2 is 2.31 bits per heavy atom. The summed E-state index contributed by atoms with van der Waals surface area (Å²) in [5.41, 5.74) is 2.17. The molecule has 7 heteroatoms. The maximum absolute atomic E-state index is 10.4. The number of carboxylic acid groups (broad SMARTS) is 1. The van der Waals surface area contributed by atoms with Crippen LogP contribution in [0.2, 0.25) is 0 Å². The van der Waals surface area contributed by atoms with Gasteiger partial charge in [0, 0.05) is 7.05 Å². The summed E-state index contributed by atoms with van der Waals surface area (Å²) in [5.74, 6) is -0.673. The second kappa shape index (κ2) is 3.76. The summed E-state index contributed by atoms with van der Waals surface area (Å²) in [6, 6.07) is 0. The lowest BCUT2D eigenvalue weighted by Gasteiger charge is -2.03. The van der Waals surface area contributed by atoms with Crippen molar-refractivity contribution >= 4 is 23.1 Å². The quantitative estimate of drug-likeness (QED) is 0.767. The lowest BCUT2D eigenvalue weighted by Crippen LogP contribution is -2.14. The van der Waals surface area contributed by atoms with Crippen molar-refractivity contribution in [2.75, 3.05) is 11.9 Å². The molecule has 2 aromatic heterocycles. The fourth-order valence-corrected chi connectivity index (χ4v) is 1.49. The Labute approximate surface area is 91.2 Å². The molecular weight excluding hydrogens is 210 g/mol. The molecule has 2 rings (SSSR count). The van der Waals surface area contributed by atoms with Crippen molar-refractivity contribution in [3.05, 3.63) is 12.0 Å². The molecule has 0 atom stereocenters. The number of nitrogens with zero attached hydrogens (tertiary/aromatic N) is 4. The van der Waals surface area contributed by atoms with Crippen LogP contribution in [-0.4, -0.2) is 37.1 Å². The van der Waals surface area contributed by atoms with Crippen molar-refractivity contribution in [2.24, 2.45) is 7.05 Å². The van der Waals surface area contributed by atoms with E-state index in [1.807, 2.05) is 18.5 Å². The van der Waals surface area contributed by atoms with Gasteiger partial charge in [-0.3, -0.25) is 4.79 Å². The lowest BCUT2D eigenvalue weighted by molar-refractivity contribution is -0.134. The first kappa shape index (κ1) is 10.3. The third kappa shape index (κ3) is 1.79. The molecule has 2 N–H and O–H groups in total. The van der Waals surface area contributed by atoms with E-state index in [2.05, 4.69) is 20.3 Å². The van der Waals surface area contributed by atoms with Crippen molar-refractivity contribution in [1.29, 1.82) is 0 Å². The van der Waals surface area contributed by atoms with Gasteiger partial charge < -0.3 is 15.0 Å². The number of hydrogen-bond donors (Lipinski definition) is 2. The maximum Gasteiger partial charge on any atom is 0.322 e. The molecule has 0 bridgehead atoms. The van der Waals surface area contributed by atoms with E-state index in [-0.39, 0.29) is 12.5 Å². The zero-order chi connectivity index (χ0) is 11.7. The molecule has 84 valence electrons. The van der Waals surface area contributed by atoms with Crippen molar-refractivity contribution < 1.29 is 9.90 Å². The van der Waals surface area contributed by atoms with Crippen molar-refractivity contribution in [1.82, 2.24) is 19.5 Å². The van der Waals surface area contributed by atoms with Gasteiger partial charge in [0.15, 0.2) is 5.65 Å². The lowest BCUT2D eigenvalue weighted by atomic mass is 10.4. The molecule has 0 saturated heterocycles. The van der Waals surface area contributed by atoms with Crippen LogP contribution in [0.3, 0.4) is 0 Å². The predicted octanol–water partition coefficient (Wildman–Crippen LogP) is 0.168. The van der Waals surface area contributed by atoms with Crippen LogP contribution in [0.15, 0.2) is 6.33 Å². The van der Waals surface area contributed by atoms with Crippen LogP contribution in [0.5, 0.6) is 0 Å². The first-order valence-electron chi connectivity index (χ1n) is 4.69. The van der Waals surface area contributed by atoms with Gasteiger partial charge in [0.25, 0.3) is 0 Å². The Bertz CT molecular complexity index is 548. The number of anilines is 1. The second-order valence-electron chi connectivity index (χ2n) is 3.41. The topological polar surface area (TPSA) is 92.9 Å². The highest BCUT2D eigenvalue weighted by atomic mass is 16.4. The summed E-state index contributed by atoms with van der Waals surface area (Å²) < 4.78 is 1.83. The van der Waals surface area contributed by atoms with E-state index in [9.17, 15) is 4.79 Å². The average molecular weight is 221 g/mol. The van der Waals surface area contributed by atoms with E-state index in [1.54, 1.807) is 6.33 Å². The maximum atomic E-state index is 10.4. The zero-order valence-electron chi connectivity index (χ0n) is 8.93. The van der Waals surface area contributed by atoms with Gasteiger partial charge in [0.05, 0.1) is 12.0 Å². The van der Waals surface area contributed by atoms with Crippen molar-refractivity contribution in [3.63, 3.8) is 0 Å². The molecule has 0 aliphatic heterocycles. The third-order valence-electron chi connectivity index (χ3n) is 2.14. The van der Waals surface area contributed by atoms with Crippen LogP contribution in [0.1, 0.15) is 5.69 Å². The van der Waals surface area contributed by atoms with E-state index >= 15 is 0 Å². The normalized spacial score (nSPS) is 10.6. The molecule has 0 fully saturated rings. The molecule has 0 aliphatic rings. The molecule has 0 spiro atoms. The number of aliphatic carboxylic acids is 1. The molecule has 0 unspecified atom stereocenters. The number of carboxylic acids is 1. The standard InChI is InChI=1S/C9H11N5O2/c1-5-7-8(11-4-14(7)2)13-9(12-5)10-3-6(15)16/h4H,3H2,1-2H3,(H,15,16)(H,10,12,13). The number of aryl methyl sites for hydroxylation is 2. The molecule has 0 radical (unpaired) electrons. The van der Waals surface area contributed by atoms with E-state index in [1.165, 1.54) is 0 Å². The molecule has 0 saturated carbocycles. The van der Waals surface area contributed by atoms with Gasteiger partial charge in [-0.05, 0) is 6.92 Å². The number of aromatic nitrogens is 4. The van der Waals surface area contributed by atoms with Gasteiger partial charge >= 0.3 is 5.97 Å². The van der Waals surface area contributed by atoms with Crippen LogP contribution in [0.4, 0.5) is 5.95 Å². The van der Waals surface area contributed by atoms with Crippen LogP contribution >= 0.6 is 0 Å². The summed E-state index contributed by atoms with van der Waals surface area (Å²) >= 11 is 0. The molecular formula is C9H11N5O2.